The Labute approximate surface area is 164 Å². The molecule has 0 spiro atoms. The van der Waals surface area contributed by atoms with Crippen molar-refractivity contribution in [3.8, 4) is 0 Å². The van der Waals surface area contributed by atoms with Crippen LogP contribution in [0.4, 0.5) is 11.4 Å². The first kappa shape index (κ1) is 20.2. The minimum atomic E-state index is -3.77. The van der Waals surface area contributed by atoms with Crippen LogP contribution in [0.5, 0.6) is 0 Å². The van der Waals surface area contributed by atoms with Crippen LogP contribution in [0.3, 0.4) is 0 Å². The van der Waals surface area contributed by atoms with Crippen LogP contribution >= 0.6 is 0 Å². The summed E-state index contributed by atoms with van der Waals surface area (Å²) in [5.41, 5.74) is 1.02. The number of benzene rings is 1. The van der Waals surface area contributed by atoms with Crippen molar-refractivity contribution >= 4 is 21.4 Å². The second kappa shape index (κ2) is 8.21. The van der Waals surface area contributed by atoms with E-state index >= 15 is 0 Å². The Kier molecular flexibility index (Phi) is 5.92. The second-order valence-electron chi connectivity index (χ2n) is 6.83. The number of hydrogen-bond acceptors (Lipinski definition) is 7. The standard InChI is InChI=1S/C18H23N5O4S/c1-20-8-10-22(11-9-20)28(26,27)16-5-6-17(18(12-16)23(24)25)21(2)14-15-4-3-7-19-13-15/h3-7,12-13H,8-11,14H2,1-2H3. The lowest BCUT2D eigenvalue weighted by Gasteiger charge is -2.31. The van der Waals surface area contributed by atoms with E-state index in [1.54, 1.807) is 30.4 Å². The fourth-order valence-corrected chi connectivity index (χ4v) is 4.60. The predicted octanol–water partition coefficient (Wildman–Crippen LogP) is 1.56. The van der Waals surface area contributed by atoms with Crippen molar-refractivity contribution in [2.24, 2.45) is 0 Å². The first-order valence-electron chi connectivity index (χ1n) is 8.86. The lowest BCUT2D eigenvalue weighted by Crippen LogP contribution is -2.47. The van der Waals surface area contributed by atoms with Gasteiger partial charge in [0.25, 0.3) is 5.69 Å². The number of nitrogens with zero attached hydrogens (tertiary/aromatic N) is 5. The maximum atomic E-state index is 12.9. The number of nitro groups is 1. The molecule has 28 heavy (non-hydrogen) atoms. The van der Waals surface area contributed by atoms with Gasteiger partial charge < -0.3 is 9.80 Å². The third-order valence-electron chi connectivity index (χ3n) is 4.80. The molecule has 1 aromatic heterocycles. The molecule has 1 aliphatic heterocycles. The first-order valence-corrected chi connectivity index (χ1v) is 10.3. The van der Waals surface area contributed by atoms with Crippen molar-refractivity contribution in [1.82, 2.24) is 14.2 Å². The van der Waals surface area contributed by atoms with Crippen LogP contribution in [0, 0.1) is 10.1 Å². The molecule has 0 bridgehead atoms. The number of piperazine rings is 1. The van der Waals surface area contributed by atoms with Crippen LogP contribution in [0.25, 0.3) is 0 Å². The van der Waals surface area contributed by atoms with Gasteiger partial charge >= 0.3 is 0 Å². The number of rotatable bonds is 6. The molecule has 2 heterocycles. The Balaban J connectivity index is 1.89. The lowest BCUT2D eigenvalue weighted by atomic mass is 10.2. The highest BCUT2D eigenvalue weighted by Crippen LogP contribution is 2.32. The van der Waals surface area contributed by atoms with Gasteiger partial charge in [-0.3, -0.25) is 15.1 Å². The highest BCUT2D eigenvalue weighted by atomic mass is 32.2. The van der Waals surface area contributed by atoms with Gasteiger partial charge in [0, 0.05) is 58.2 Å². The zero-order chi connectivity index (χ0) is 20.3. The van der Waals surface area contributed by atoms with E-state index in [1.165, 1.54) is 16.4 Å². The summed E-state index contributed by atoms with van der Waals surface area (Å²) in [5, 5.41) is 11.6. The molecule has 0 unspecified atom stereocenters. The normalized spacial score (nSPS) is 16.1. The quantitative estimate of drug-likeness (QED) is 0.531. The number of hydrogen-bond donors (Lipinski definition) is 0. The van der Waals surface area contributed by atoms with Crippen LogP contribution in [-0.4, -0.2) is 67.8 Å². The third kappa shape index (κ3) is 4.29. The SMILES string of the molecule is CN1CCN(S(=O)(=O)c2ccc(N(C)Cc3cccnc3)c([N+](=O)[O-])c2)CC1. The summed E-state index contributed by atoms with van der Waals surface area (Å²) in [6.07, 6.45) is 3.35. The van der Waals surface area contributed by atoms with E-state index in [2.05, 4.69) is 4.98 Å². The van der Waals surface area contributed by atoms with E-state index in [4.69, 9.17) is 0 Å². The molecule has 10 heteroatoms. The molecule has 0 aliphatic carbocycles. The molecule has 0 N–H and O–H groups in total. The highest BCUT2D eigenvalue weighted by molar-refractivity contribution is 7.89. The van der Waals surface area contributed by atoms with Crippen molar-refractivity contribution in [2.45, 2.75) is 11.4 Å². The molecule has 1 saturated heterocycles. The topological polar surface area (TPSA) is 99.9 Å². The maximum absolute atomic E-state index is 12.9. The fourth-order valence-electron chi connectivity index (χ4n) is 3.16. The summed E-state index contributed by atoms with van der Waals surface area (Å²) in [7, 11) is -0.111. The zero-order valence-corrected chi connectivity index (χ0v) is 16.7. The molecular formula is C18H23N5O4S. The lowest BCUT2D eigenvalue weighted by molar-refractivity contribution is -0.384. The van der Waals surface area contributed by atoms with Crippen molar-refractivity contribution in [3.05, 3.63) is 58.4 Å². The van der Waals surface area contributed by atoms with Crippen molar-refractivity contribution in [1.29, 1.82) is 0 Å². The van der Waals surface area contributed by atoms with Crippen molar-refractivity contribution in [2.75, 3.05) is 45.2 Å². The molecule has 1 aliphatic rings. The summed E-state index contributed by atoms with van der Waals surface area (Å²) < 4.78 is 27.2. The molecule has 0 atom stereocenters. The van der Waals surface area contributed by atoms with E-state index < -0.39 is 14.9 Å². The summed E-state index contributed by atoms with van der Waals surface area (Å²) in [5.74, 6) is 0. The molecule has 0 radical (unpaired) electrons. The number of aromatic nitrogens is 1. The summed E-state index contributed by atoms with van der Waals surface area (Å²) in [6, 6.07) is 7.76. The van der Waals surface area contributed by atoms with Crippen molar-refractivity contribution < 1.29 is 13.3 Å². The molecule has 9 nitrogen and oxygen atoms in total. The van der Waals surface area contributed by atoms with Crippen LogP contribution < -0.4 is 4.90 Å². The summed E-state index contributed by atoms with van der Waals surface area (Å²) in [6.45, 7) is 2.42. The minimum absolute atomic E-state index is 0.0534. The van der Waals surface area contributed by atoms with Crippen LogP contribution in [-0.2, 0) is 16.6 Å². The van der Waals surface area contributed by atoms with Gasteiger partial charge in [0.15, 0.2) is 0 Å². The third-order valence-corrected chi connectivity index (χ3v) is 6.69. The van der Waals surface area contributed by atoms with Gasteiger partial charge in [-0.1, -0.05) is 6.07 Å². The van der Waals surface area contributed by atoms with Crippen LogP contribution in [0.15, 0.2) is 47.6 Å². The highest BCUT2D eigenvalue weighted by Gasteiger charge is 2.30. The smallest absolute Gasteiger partial charge is 0.293 e. The molecule has 1 fully saturated rings. The zero-order valence-electron chi connectivity index (χ0n) is 15.9. The molecule has 3 rings (SSSR count). The van der Waals surface area contributed by atoms with E-state index in [0.717, 1.165) is 11.6 Å². The number of sulfonamides is 1. The molecule has 0 saturated carbocycles. The summed E-state index contributed by atoms with van der Waals surface area (Å²) >= 11 is 0. The summed E-state index contributed by atoms with van der Waals surface area (Å²) in [4.78, 5) is 18.8. The number of nitro benzene ring substituents is 1. The minimum Gasteiger partial charge on any atom is -0.365 e. The molecule has 0 amide bonds. The van der Waals surface area contributed by atoms with Gasteiger partial charge in [0.1, 0.15) is 5.69 Å². The Morgan fingerprint density at radius 2 is 1.93 bits per heavy atom. The average molecular weight is 405 g/mol. The van der Waals surface area contributed by atoms with Crippen molar-refractivity contribution in [3.63, 3.8) is 0 Å². The monoisotopic (exact) mass is 405 g/mol. The van der Waals surface area contributed by atoms with Gasteiger partial charge in [-0.25, -0.2) is 8.42 Å². The largest absolute Gasteiger partial charge is 0.365 e. The predicted molar refractivity (Wildman–Crippen MR) is 106 cm³/mol. The van der Waals surface area contributed by atoms with Gasteiger partial charge in [-0.05, 0) is 30.8 Å². The molecule has 1 aromatic carbocycles. The first-order chi connectivity index (χ1) is 13.3. The fraction of sp³-hybridized carbons (Fsp3) is 0.389. The van der Waals surface area contributed by atoms with E-state index in [9.17, 15) is 18.5 Å². The van der Waals surface area contributed by atoms with Crippen LogP contribution in [0.1, 0.15) is 5.56 Å². The van der Waals surface area contributed by atoms with Crippen LogP contribution in [0.2, 0.25) is 0 Å². The number of anilines is 1. The van der Waals surface area contributed by atoms with E-state index in [0.29, 0.717) is 38.4 Å². The molecule has 2 aromatic rings. The number of likely N-dealkylation sites (N-methyl/N-ethyl adjacent to an activating group) is 1. The average Bonchev–Trinajstić information content (AvgIpc) is 2.68. The maximum Gasteiger partial charge on any atom is 0.293 e. The Bertz CT molecular complexity index is 944. The van der Waals surface area contributed by atoms with Gasteiger partial charge in [0.2, 0.25) is 10.0 Å². The van der Waals surface area contributed by atoms with Gasteiger partial charge in [-0.15, -0.1) is 0 Å². The van der Waals surface area contributed by atoms with E-state index in [-0.39, 0.29) is 10.6 Å². The molecular weight excluding hydrogens is 382 g/mol. The molecule has 150 valence electrons. The van der Waals surface area contributed by atoms with Gasteiger partial charge in [-0.2, -0.15) is 4.31 Å². The van der Waals surface area contributed by atoms with Gasteiger partial charge in [0.05, 0.1) is 9.82 Å². The Morgan fingerprint density at radius 3 is 2.54 bits per heavy atom. The van der Waals surface area contributed by atoms with E-state index in [1.807, 2.05) is 18.0 Å². The Hall–Kier alpha value is -2.56. The Morgan fingerprint density at radius 1 is 1.21 bits per heavy atom. The number of pyridine rings is 1. The second-order valence-corrected chi connectivity index (χ2v) is 8.77.